The van der Waals surface area contributed by atoms with Gasteiger partial charge in [0.2, 0.25) is 5.91 Å². The van der Waals surface area contributed by atoms with Crippen molar-refractivity contribution < 1.29 is 9.59 Å². The molecule has 0 aliphatic rings. The van der Waals surface area contributed by atoms with E-state index in [9.17, 15) is 9.59 Å². The molecule has 3 aromatic carbocycles. The standard InChI is InChI=1S/C26H27N5O2S/c1-4-31-24(18(3)27-25(33)20-14-12-17(2)13-15-20)29-30-26(31)34-16-23(32)28-22-11-7-9-19-8-5-6-10-21(19)22/h5-15,18H,4,16H2,1-3H3,(H,27,33)(H,28,32)/t18-/m1/s1. The van der Waals surface area contributed by atoms with Crippen LogP contribution in [0.5, 0.6) is 0 Å². The third kappa shape index (κ3) is 5.28. The van der Waals surface area contributed by atoms with Crippen molar-refractivity contribution in [2.45, 2.75) is 38.5 Å². The summed E-state index contributed by atoms with van der Waals surface area (Å²) in [4.78, 5) is 25.3. The van der Waals surface area contributed by atoms with Crippen LogP contribution in [0.25, 0.3) is 10.8 Å². The Kier molecular flexibility index (Phi) is 7.27. The van der Waals surface area contributed by atoms with Crippen molar-refractivity contribution in [1.29, 1.82) is 0 Å². The minimum Gasteiger partial charge on any atom is -0.342 e. The molecule has 34 heavy (non-hydrogen) atoms. The number of amides is 2. The summed E-state index contributed by atoms with van der Waals surface area (Å²) in [5.74, 6) is 0.571. The van der Waals surface area contributed by atoms with Crippen LogP contribution in [0.1, 0.15) is 41.6 Å². The number of aryl methyl sites for hydroxylation is 1. The van der Waals surface area contributed by atoms with E-state index in [0.717, 1.165) is 22.0 Å². The smallest absolute Gasteiger partial charge is 0.251 e. The third-order valence-corrected chi connectivity index (χ3v) is 6.47. The summed E-state index contributed by atoms with van der Waals surface area (Å²) in [5, 5.41) is 17.3. The van der Waals surface area contributed by atoms with E-state index in [-0.39, 0.29) is 23.6 Å². The van der Waals surface area contributed by atoms with Crippen molar-refractivity contribution in [3.8, 4) is 0 Å². The summed E-state index contributed by atoms with van der Waals surface area (Å²) in [6.45, 7) is 6.47. The number of carbonyl (C=O) groups is 2. The molecule has 0 saturated carbocycles. The Bertz CT molecular complexity index is 1310. The van der Waals surface area contributed by atoms with Crippen LogP contribution in [0.3, 0.4) is 0 Å². The van der Waals surface area contributed by atoms with Gasteiger partial charge in [0.05, 0.1) is 11.8 Å². The Labute approximate surface area is 203 Å². The topological polar surface area (TPSA) is 88.9 Å². The first-order chi connectivity index (χ1) is 16.5. The molecule has 0 bridgehead atoms. The molecule has 0 aliphatic heterocycles. The van der Waals surface area contributed by atoms with Gasteiger partial charge in [0.15, 0.2) is 11.0 Å². The molecule has 4 aromatic rings. The summed E-state index contributed by atoms with van der Waals surface area (Å²) in [6, 6.07) is 20.9. The van der Waals surface area contributed by atoms with Gasteiger partial charge in [0.25, 0.3) is 5.91 Å². The van der Waals surface area contributed by atoms with Gasteiger partial charge in [-0.1, -0.05) is 65.9 Å². The zero-order valence-corrected chi connectivity index (χ0v) is 20.2. The first-order valence-corrected chi connectivity index (χ1v) is 12.2. The quantitative estimate of drug-likeness (QED) is 0.352. The predicted octanol–water partition coefficient (Wildman–Crippen LogP) is 4.98. The molecule has 0 aliphatic carbocycles. The Hall–Kier alpha value is -3.65. The lowest BCUT2D eigenvalue weighted by Crippen LogP contribution is -2.28. The second kappa shape index (κ2) is 10.5. The fourth-order valence-electron chi connectivity index (χ4n) is 3.72. The van der Waals surface area contributed by atoms with E-state index in [1.807, 2.05) is 79.9 Å². The van der Waals surface area contributed by atoms with Crippen molar-refractivity contribution in [1.82, 2.24) is 20.1 Å². The van der Waals surface area contributed by atoms with E-state index in [1.165, 1.54) is 11.8 Å². The first kappa shape index (κ1) is 23.5. The van der Waals surface area contributed by atoms with Crippen molar-refractivity contribution in [2.24, 2.45) is 0 Å². The first-order valence-electron chi connectivity index (χ1n) is 11.2. The number of anilines is 1. The molecule has 1 atom stereocenters. The average Bonchev–Trinajstić information content (AvgIpc) is 3.26. The Morgan fingerprint density at radius 2 is 1.74 bits per heavy atom. The van der Waals surface area contributed by atoms with Crippen LogP contribution in [-0.4, -0.2) is 32.3 Å². The molecule has 0 spiro atoms. The lowest BCUT2D eigenvalue weighted by atomic mass is 10.1. The largest absolute Gasteiger partial charge is 0.342 e. The van der Waals surface area contributed by atoms with Crippen molar-refractivity contribution in [3.05, 3.63) is 83.7 Å². The van der Waals surface area contributed by atoms with Gasteiger partial charge in [-0.05, 0) is 44.4 Å². The Balaban J connectivity index is 1.40. The highest BCUT2D eigenvalue weighted by atomic mass is 32.2. The number of fused-ring (bicyclic) bond motifs is 1. The van der Waals surface area contributed by atoms with Crippen LogP contribution in [0.2, 0.25) is 0 Å². The second-order valence-corrected chi connectivity index (χ2v) is 8.95. The number of rotatable bonds is 8. The highest BCUT2D eigenvalue weighted by Crippen LogP contribution is 2.24. The van der Waals surface area contributed by atoms with Crippen molar-refractivity contribution >= 4 is 40.0 Å². The summed E-state index contributed by atoms with van der Waals surface area (Å²) in [7, 11) is 0. The number of thioether (sulfide) groups is 1. The maximum absolute atomic E-state index is 12.6. The summed E-state index contributed by atoms with van der Waals surface area (Å²) in [6.07, 6.45) is 0. The fourth-order valence-corrected chi connectivity index (χ4v) is 4.53. The van der Waals surface area contributed by atoms with Crippen LogP contribution >= 0.6 is 11.8 Å². The zero-order chi connectivity index (χ0) is 24.1. The monoisotopic (exact) mass is 473 g/mol. The molecule has 2 amide bonds. The maximum Gasteiger partial charge on any atom is 0.251 e. The molecule has 2 N–H and O–H groups in total. The average molecular weight is 474 g/mol. The molecular formula is C26H27N5O2S. The van der Waals surface area contributed by atoms with E-state index in [4.69, 9.17) is 0 Å². The molecule has 0 radical (unpaired) electrons. The van der Waals surface area contributed by atoms with Gasteiger partial charge in [-0.15, -0.1) is 10.2 Å². The highest BCUT2D eigenvalue weighted by Gasteiger charge is 2.20. The highest BCUT2D eigenvalue weighted by molar-refractivity contribution is 7.99. The van der Waals surface area contributed by atoms with Gasteiger partial charge in [0.1, 0.15) is 0 Å². The SMILES string of the molecule is CCn1c(SCC(=O)Nc2cccc3ccccc23)nnc1[C@@H](C)NC(=O)c1ccc(C)cc1. The summed E-state index contributed by atoms with van der Waals surface area (Å²) in [5.41, 5.74) is 2.48. The van der Waals surface area contributed by atoms with Gasteiger partial charge in [-0.2, -0.15) is 0 Å². The van der Waals surface area contributed by atoms with Crippen LogP contribution in [-0.2, 0) is 11.3 Å². The molecule has 7 nitrogen and oxygen atoms in total. The van der Waals surface area contributed by atoms with E-state index in [0.29, 0.717) is 23.1 Å². The van der Waals surface area contributed by atoms with Crippen LogP contribution in [0.4, 0.5) is 5.69 Å². The van der Waals surface area contributed by atoms with E-state index < -0.39 is 0 Å². The lowest BCUT2D eigenvalue weighted by Gasteiger charge is -2.15. The molecule has 1 heterocycles. The Morgan fingerprint density at radius 3 is 2.50 bits per heavy atom. The van der Waals surface area contributed by atoms with Crippen LogP contribution in [0.15, 0.2) is 71.9 Å². The van der Waals surface area contributed by atoms with E-state index in [2.05, 4.69) is 20.8 Å². The number of hydrogen-bond donors (Lipinski definition) is 2. The van der Waals surface area contributed by atoms with Gasteiger partial charge in [0, 0.05) is 23.2 Å². The minimum absolute atomic E-state index is 0.116. The number of carbonyl (C=O) groups excluding carboxylic acids is 2. The normalized spacial score (nSPS) is 11.9. The number of nitrogens with one attached hydrogen (secondary N) is 2. The zero-order valence-electron chi connectivity index (χ0n) is 19.4. The molecule has 0 saturated heterocycles. The predicted molar refractivity (Wildman–Crippen MR) is 136 cm³/mol. The van der Waals surface area contributed by atoms with E-state index in [1.54, 1.807) is 12.1 Å². The molecule has 0 fully saturated rings. The molecule has 1 aromatic heterocycles. The summed E-state index contributed by atoms with van der Waals surface area (Å²) >= 11 is 1.32. The van der Waals surface area contributed by atoms with E-state index >= 15 is 0 Å². The molecule has 8 heteroatoms. The Morgan fingerprint density at radius 1 is 1.00 bits per heavy atom. The third-order valence-electron chi connectivity index (χ3n) is 5.51. The number of nitrogens with zero attached hydrogens (tertiary/aromatic N) is 3. The number of benzene rings is 3. The summed E-state index contributed by atoms with van der Waals surface area (Å²) < 4.78 is 1.93. The number of hydrogen-bond acceptors (Lipinski definition) is 5. The van der Waals surface area contributed by atoms with Crippen molar-refractivity contribution in [2.75, 3.05) is 11.1 Å². The fraction of sp³-hybridized carbons (Fsp3) is 0.231. The molecular weight excluding hydrogens is 446 g/mol. The lowest BCUT2D eigenvalue weighted by molar-refractivity contribution is -0.113. The van der Waals surface area contributed by atoms with Gasteiger partial charge >= 0.3 is 0 Å². The van der Waals surface area contributed by atoms with Crippen LogP contribution < -0.4 is 10.6 Å². The molecule has 0 unspecified atom stereocenters. The maximum atomic E-state index is 12.6. The van der Waals surface area contributed by atoms with Gasteiger partial charge in [-0.3, -0.25) is 9.59 Å². The molecule has 4 rings (SSSR count). The van der Waals surface area contributed by atoms with Gasteiger partial charge < -0.3 is 15.2 Å². The molecule has 174 valence electrons. The van der Waals surface area contributed by atoms with Gasteiger partial charge in [-0.25, -0.2) is 0 Å². The number of aromatic nitrogens is 3. The second-order valence-electron chi connectivity index (χ2n) is 8.01. The van der Waals surface area contributed by atoms with Crippen LogP contribution in [0, 0.1) is 6.92 Å². The minimum atomic E-state index is -0.333. The van der Waals surface area contributed by atoms with Crippen molar-refractivity contribution in [3.63, 3.8) is 0 Å².